The van der Waals surface area contributed by atoms with Crippen LogP contribution in [0.25, 0.3) is 34.9 Å². The summed E-state index contributed by atoms with van der Waals surface area (Å²) in [7, 11) is -30.8. The lowest BCUT2D eigenvalue weighted by atomic mass is 10.1. The van der Waals surface area contributed by atoms with Crippen molar-refractivity contribution in [3.05, 3.63) is 139 Å². The van der Waals surface area contributed by atoms with E-state index in [-0.39, 0.29) is 28.2 Å². The molecule has 0 aliphatic rings. The van der Waals surface area contributed by atoms with E-state index in [2.05, 4.69) is 51.5 Å². The zero-order valence-corrected chi connectivity index (χ0v) is 44.8. The topological polar surface area (TPSA) is 496 Å². The number of nitrogens with zero attached hydrogens (tertiary/aromatic N) is 6. The molecule has 37 heteroatoms. The molecule has 2 aromatic heterocycles. The Bertz CT molecular complexity index is 4550. The van der Waals surface area contributed by atoms with Gasteiger partial charge in [0.15, 0.2) is 23.1 Å². The fraction of sp³-hybridized carbons (Fsp3) is 0. The van der Waals surface area contributed by atoms with Gasteiger partial charge in [-0.1, -0.05) is 60.7 Å². The van der Waals surface area contributed by atoms with E-state index in [1.54, 1.807) is 36.4 Å². The number of rotatable bonds is 20. The summed E-state index contributed by atoms with van der Waals surface area (Å²) >= 11 is 0. The van der Waals surface area contributed by atoms with Crippen molar-refractivity contribution in [2.75, 3.05) is 27.3 Å². The summed E-state index contributed by atoms with van der Waals surface area (Å²) in [5.41, 5.74) is 7.84. The van der Waals surface area contributed by atoms with Crippen molar-refractivity contribution in [1.82, 2.24) is 29.9 Å². The van der Waals surface area contributed by atoms with Crippen molar-refractivity contribution in [3.8, 4) is 34.3 Å². The van der Waals surface area contributed by atoms with Crippen molar-refractivity contribution in [2.24, 2.45) is 0 Å². The molecule has 31 nitrogen and oxygen atoms in total. The average Bonchev–Trinajstić information content (AvgIpc) is 3.50. The van der Waals surface area contributed by atoms with Gasteiger partial charge in [-0.3, -0.25) is 27.3 Å². The van der Waals surface area contributed by atoms with Gasteiger partial charge in [0.1, 0.15) is 19.6 Å². The summed E-state index contributed by atoms with van der Waals surface area (Å²) in [6.45, 7) is 0. The quantitative estimate of drug-likeness (QED) is 0.0209. The number of anilines is 7. The third-order valence-corrected chi connectivity index (χ3v) is 15.8. The molecular formula is C44H35N11O20S6. The lowest BCUT2D eigenvalue weighted by Gasteiger charge is -2.14. The van der Waals surface area contributed by atoms with Crippen molar-refractivity contribution in [1.29, 1.82) is 0 Å². The minimum atomic E-state index is -5.34. The second kappa shape index (κ2) is 22.3. The predicted molar refractivity (Wildman–Crippen MR) is 284 cm³/mol. The highest BCUT2D eigenvalue weighted by Crippen LogP contribution is 2.35. The molecule has 2 heterocycles. The molecule has 6 aromatic carbocycles. The Morgan fingerprint density at radius 3 is 1.22 bits per heavy atom. The van der Waals surface area contributed by atoms with E-state index in [1.165, 1.54) is 30.3 Å². The molecule has 0 aliphatic carbocycles. The van der Waals surface area contributed by atoms with Gasteiger partial charge in [0.05, 0.1) is 21.2 Å². The lowest BCUT2D eigenvalue weighted by molar-refractivity contribution is 0.399. The second-order valence-corrected chi connectivity index (χ2v) is 24.5. The lowest BCUT2D eigenvalue weighted by Crippen LogP contribution is -2.13. The van der Waals surface area contributed by atoms with Crippen molar-refractivity contribution in [3.63, 3.8) is 0 Å². The number of para-hydroxylation sites is 2. The van der Waals surface area contributed by atoms with Crippen LogP contribution in [0, 0.1) is 0 Å². The van der Waals surface area contributed by atoms with Crippen LogP contribution in [0.15, 0.2) is 157 Å². The summed E-state index contributed by atoms with van der Waals surface area (Å²) in [4.78, 5) is 30.4. The monoisotopic (exact) mass is 1230 g/mol. The van der Waals surface area contributed by atoms with E-state index in [9.17, 15) is 77.8 Å². The summed E-state index contributed by atoms with van der Waals surface area (Å²) in [6.07, 6.45) is 1.88. The molecule has 0 amide bonds. The van der Waals surface area contributed by atoms with Crippen LogP contribution in [0.2, 0.25) is 0 Å². The Balaban J connectivity index is 1.20. The van der Waals surface area contributed by atoms with Gasteiger partial charge in [-0.15, -0.1) is 0 Å². The molecule has 0 bridgehead atoms. The maximum atomic E-state index is 13.1. The number of benzene rings is 6. The minimum Gasteiger partial charge on any atom is -0.398 e. The Morgan fingerprint density at radius 2 is 0.802 bits per heavy atom. The number of nitrogens with two attached hydrogens (primary N) is 1. The van der Waals surface area contributed by atoms with Gasteiger partial charge in [0.25, 0.3) is 72.6 Å². The standard InChI is InChI=1S/C44H35N11O20S6/c45-32-19-26(40-49-42(53-44(51-40)55-75-28-9-5-2-6-10-28)47-34-23-30(77(59,60)61)15-18-36(34)79(65,66)67)21-38(81(71,72)73)31(32)16-13-24-11-12-25(20-37(24)80(68,69)70)39-48-41(52-43(50-39)54-74-27-7-3-1-4-8-27)46-33-22-29(76(56,57)58)14-17-35(33)78(62,63)64/h1-23H,45H2,(H,56,57,58)(H,59,60,61)(H,62,63,64)(H,65,66,67)(H,68,69,70)(H,71,72,73)(H2,46,48,50,52,54)(H2,47,49,51,53,55). The molecule has 0 spiro atoms. The summed E-state index contributed by atoms with van der Waals surface area (Å²) in [5.74, 6) is -2.85. The normalized spacial score (nSPS) is 12.4. The van der Waals surface area contributed by atoms with Crippen LogP contribution >= 0.6 is 0 Å². The molecule has 0 saturated carbocycles. The van der Waals surface area contributed by atoms with E-state index in [0.717, 1.165) is 36.4 Å². The fourth-order valence-corrected chi connectivity index (χ4v) is 10.7. The van der Waals surface area contributed by atoms with Crippen LogP contribution in [0.1, 0.15) is 11.1 Å². The third kappa shape index (κ3) is 14.5. The maximum Gasteiger partial charge on any atom is 0.296 e. The second-order valence-electron chi connectivity index (χ2n) is 16.1. The molecule has 8 rings (SSSR count). The van der Waals surface area contributed by atoms with Gasteiger partial charge in [0, 0.05) is 22.4 Å². The number of hydrogen-bond donors (Lipinski definition) is 11. The molecular weight excluding hydrogens is 1190 g/mol. The van der Waals surface area contributed by atoms with Crippen LogP contribution in [0.5, 0.6) is 11.5 Å². The first-order chi connectivity index (χ1) is 37.8. The van der Waals surface area contributed by atoms with Crippen LogP contribution < -0.4 is 37.0 Å². The Hall–Kier alpha value is -8.86. The first kappa shape index (κ1) is 58.3. The summed E-state index contributed by atoms with van der Waals surface area (Å²) in [5, 5.41) is 4.79. The molecule has 0 atom stereocenters. The Morgan fingerprint density at radius 1 is 0.395 bits per heavy atom. The van der Waals surface area contributed by atoms with Crippen LogP contribution in [-0.4, -0.2) is 108 Å². The van der Waals surface area contributed by atoms with Crippen LogP contribution in [0.4, 0.5) is 40.9 Å². The maximum absolute atomic E-state index is 13.1. The van der Waals surface area contributed by atoms with Gasteiger partial charge >= 0.3 is 0 Å². The number of hydrogen-bond acceptors (Lipinski definition) is 25. The smallest absolute Gasteiger partial charge is 0.296 e. The molecule has 12 N–H and O–H groups in total. The minimum absolute atomic E-state index is 0.191. The largest absolute Gasteiger partial charge is 0.398 e. The molecule has 0 unspecified atom stereocenters. The highest BCUT2D eigenvalue weighted by atomic mass is 32.2. The third-order valence-electron chi connectivity index (χ3n) is 10.5. The molecule has 0 saturated heterocycles. The van der Waals surface area contributed by atoms with E-state index in [4.69, 9.17) is 15.4 Å². The SMILES string of the molecule is Nc1cc(-c2nc(NOc3ccccc3)nc(Nc3cc(S(=O)(=O)O)ccc3S(=O)(=O)O)n2)cc(S(=O)(=O)O)c1C=Cc1ccc(-c2nc(NOc3ccccc3)nc(Nc3cc(S(=O)(=O)O)ccc3S(=O)(=O)O)n2)cc1S(=O)(=O)O. The van der Waals surface area contributed by atoms with Gasteiger partial charge in [-0.25, -0.2) is 0 Å². The Labute approximate surface area is 458 Å². The van der Waals surface area contributed by atoms with Crippen LogP contribution in [-0.2, 0) is 60.7 Å². The number of nitrogen functional groups attached to an aromatic ring is 1. The molecule has 422 valence electrons. The Kier molecular flexibility index (Phi) is 16.1. The van der Waals surface area contributed by atoms with Gasteiger partial charge < -0.3 is 26.0 Å². The zero-order chi connectivity index (χ0) is 58.9. The van der Waals surface area contributed by atoms with Gasteiger partial charge in [-0.05, 0) is 84.4 Å². The van der Waals surface area contributed by atoms with Gasteiger partial charge in [-0.2, -0.15) is 91.4 Å². The van der Waals surface area contributed by atoms with Gasteiger partial charge in [0.2, 0.25) is 11.9 Å². The summed E-state index contributed by atoms with van der Waals surface area (Å²) in [6, 6.07) is 24.5. The molecule has 81 heavy (non-hydrogen) atoms. The van der Waals surface area contributed by atoms with E-state index < -0.39 is 148 Å². The highest BCUT2D eigenvalue weighted by molar-refractivity contribution is 7.87. The highest BCUT2D eigenvalue weighted by Gasteiger charge is 2.26. The van der Waals surface area contributed by atoms with Crippen molar-refractivity contribution >= 4 is 114 Å². The molecule has 8 aromatic rings. The molecule has 0 radical (unpaired) electrons. The van der Waals surface area contributed by atoms with Crippen molar-refractivity contribution in [2.45, 2.75) is 29.4 Å². The fourth-order valence-electron chi connectivity index (χ4n) is 7.00. The average molecular weight is 1230 g/mol. The van der Waals surface area contributed by atoms with Crippen molar-refractivity contribution < 1.29 is 87.5 Å². The number of aromatic nitrogens is 6. The first-order valence-electron chi connectivity index (χ1n) is 21.7. The van der Waals surface area contributed by atoms with Crippen LogP contribution in [0.3, 0.4) is 0 Å². The van der Waals surface area contributed by atoms with E-state index >= 15 is 0 Å². The molecule has 0 aliphatic heterocycles. The van der Waals surface area contributed by atoms with E-state index in [1.807, 2.05) is 0 Å². The van der Waals surface area contributed by atoms with E-state index in [0.29, 0.717) is 36.4 Å². The number of nitrogens with one attached hydrogen (secondary N) is 4. The summed E-state index contributed by atoms with van der Waals surface area (Å²) < 4.78 is 210. The zero-order valence-electron chi connectivity index (χ0n) is 39.9. The molecule has 0 fully saturated rings. The first-order valence-corrected chi connectivity index (χ1v) is 30.3. The predicted octanol–water partition coefficient (Wildman–Crippen LogP) is 4.92.